The third kappa shape index (κ3) is 5.83. The number of urea groups is 1. The van der Waals surface area contributed by atoms with Crippen LogP contribution in [-0.2, 0) is 24.2 Å². The maximum absolute atomic E-state index is 12.4. The highest BCUT2D eigenvalue weighted by Crippen LogP contribution is 2.24. The van der Waals surface area contributed by atoms with Crippen LogP contribution in [0, 0.1) is 5.92 Å². The Labute approximate surface area is 152 Å². The predicted molar refractivity (Wildman–Crippen MR) is 93.9 cm³/mol. The number of carbonyl (C=O) groups excluding carboxylic acids is 3. The highest BCUT2D eigenvalue weighted by Gasteiger charge is 2.32. The molecule has 0 saturated carbocycles. The van der Waals surface area contributed by atoms with E-state index in [4.69, 9.17) is 4.74 Å². The second-order valence-electron chi connectivity index (χ2n) is 6.10. The Balaban J connectivity index is 2.05. The SMILES string of the molecule is CCNC(=O)NC(=O)[C@H](OC(=O)C[C@H]1CCS(=O)(=O)C1)c1ccccc1. The lowest BCUT2D eigenvalue weighted by molar-refractivity contribution is -0.156. The summed E-state index contributed by atoms with van der Waals surface area (Å²) in [4.78, 5) is 36.1. The van der Waals surface area contributed by atoms with Crippen LogP contribution < -0.4 is 10.6 Å². The van der Waals surface area contributed by atoms with Crippen molar-refractivity contribution in [3.63, 3.8) is 0 Å². The number of hydrogen-bond acceptors (Lipinski definition) is 6. The molecular formula is C17H22N2O6S. The first-order chi connectivity index (χ1) is 12.3. The van der Waals surface area contributed by atoms with E-state index in [1.54, 1.807) is 37.3 Å². The monoisotopic (exact) mass is 382 g/mol. The van der Waals surface area contributed by atoms with E-state index in [9.17, 15) is 22.8 Å². The summed E-state index contributed by atoms with van der Waals surface area (Å²) in [6, 6.07) is 7.63. The van der Waals surface area contributed by atoms with Crippen molar-refractivity contribution in [1.82, 2.24) is 10.6 Å². The number of hydrogen-bond donors (Lipinski definition) is 2. The summed E-state index contributed by atoms with van der Waals surface area (Å²) in [7, 11) is -3.10. The van der Waals surface area contributed by atoms with Crippen molar-refractivity contribution >= 4 is 27.7 Å². The van der Waals surface area contributed by atoms with Gasteiger partial charge in [0.25, 0.3) is 5.91 Å². The summed E-state index contributed by atoms with van der Waals surface area (Å²) in [6.07, 6.45) is -0.973. The summed E-state index contributed by atoms with van der Waals surface area (Å²) < 4.78 is 28.3. The second kappa shape index (κ2) is 8.79. The van der Waals surface area contributed by atoms with Crippen LogP contribution in [0.15, 0.2) is 30.3 Å². The van der Waals surface area contributed by atoms with Crippen LogP contribution in [0.4, 0.5) is 4.79 Å². The lowest BCUT2D eigenvalue weighted by Gasteiger charge is -2.18. The van der Waals surface area contributed by atoms with Gasteiger partial charge in [-0.25, -0.2) is 13.2 Å². The molecule has 3 amide bonds. The van der Waals surface area contributed by atoms with Gasteiger partial charge in [0.1, 0.15) is 0 Å². The molecule has 2 rings (SSSR count). The Bertz CT molecular complexity index is 763. The number of carbonyl (C=O) groups is 3. The molecule has 0 spiro atoms. The minimum atomic E-state index is -3.10. The summed E-state index contributed by atoms with van der Waals surface area (Å²) in [5.74, 6) is -1.74. The van der Waals surface area contributed by atoms with E-state index in [1.165, 1.54) is 0 Å². The van der Waals surface area contributed by atoms with Crippen molar-refractivity contribution in [2.24, 2.45) is 5.92 Å². The number of ether oxygens (including phenoxy) is 1. The van der Waals surface area contributed by atoms with Crippen LogP contribution >= 0.6 is 0 Å². The van der Waals surface area contributed by atoms with Crippen molar-refractivity contribution in [3.05, 3.63) is 35.9 Å². The van der Waals surface area contributed by atoms with E-state index in [2.05, 4.69) is 10.6 Å². The van der Waals surface area contributed by atoms with E-state index in [0.29, 0.717) is 18.5 Å². The van der Waals surface area contributed by atoms with Crippen molar-refractivity contribution in [3.8, 4) is 0 Å². The molecule has 1 aliphatic rings. The number of imide groups is 1. The summed E-state index contributed by atoms with van der Waals surface area (Å²) >= 11 is 0. The van der Waals surface area contributed by atoms with E-state index >= 15 is 0 Å². The van der Waals surface area contributed by atoms with Gasteiger partial charge in [-0.2, -0.15) is 0 Å². The first-order valence-corrected chi connectivity index (χ1v) is 10.2. The molecule has 26 heavy (non-hydrogen) atoms. The Morgan fingerprint density at radius 1 is 1.23 bits per heavy atom. The summed E-state index contributed by atoms with van der Waals surface area (Å²) in [6.45, 7) is 2.04. The number of rotatable bonds is 6. The van der Waals surface area contributed by atoms with Crippen LogP contribution in [0.3, 0.4) is 0 Å². The zero-order valence-corrected chi connectivity index (χ0v) is 15.3. The minimum absolute atomic E-state index is 0.0524. The summed E-state index contributed by atoms with van der Waals surface area (Å²) in [5.41, 5.74) is 0.418. The van der Waals surface area contributed by atoms with Gasteiger partial charge in [-0.1, -0.05) is 30.3 Å². The molecule has 1 aromatic rings. The number of sulfone groups is 1. The molecule has 1 heterocycles. The Morgan fingerprint density at radius 2 is 1.92 bits per heavy atom. The minimum Gasteiger partial charge on any atom is -0.447 e. The zero-order valence-electron chi connectivity index (χ0n) is 14.4. The number of esters is 1. The zero-order chi connectivity index (χ0) is 19.2. The smallest absolute Gasteiger partial charge is 0.321 e. The predicted octanol–water partition coefficient (Wildman–Crippen LogP) is 0.941. The van der Waals surface area contributed by atoms with Gasteiger partial charge >= 0.3 is 12.0 Å². The van der Waals surface area contributed by atoms with E-state index in [0.717, 1.165) is 0 Å². The lowest BCUT2D eigenvalue weighted by atomic mass is 10.1. The van der Waals surface area contributed by atoms with Crippen molar-refractivity contribution in [2.45, 2.75) is 25.9 Å². The first kappa shape index (κ1) is 19.9. The fourth-order valence-corrected chi connectivity index (χ4v) is 4.59. The highest BCUT2D eigenvalue weighted by atomic mass is 32.2. The molecule has 0 aliphatic carbocycles. The maximum Gasteiger partial charge on any atom is 0.321 e. The molecule has 2 atom stereocenters. The van der Waals surface area contributed by atoms with Gasteiger partial charge < -0.3 is 10.1 Å². The van der Waals surface area contributed by atoms with Crippen LogP contribution in [0.1, 0.15) is 31.4 Å². The number of benzene rings is 1. The molecule has 0 radical (unpaired) electrons. The molecule has 1 saturated heterocycles. The number of amides is 3. The maximum atomic E-state index is 12.4. The average molecular weight is 382 g/mol. The quantitative estimate of drug-likeness (QED) is 0.707. The molecule has 8 nitrogen and oxygen atoms in total. The molecule has 0 aromatic heterocycles. The lowest BCUT2D eigenvalue weighted by Crippen LogP contribution is -2.42. The van der Waals surface area contributed by atoms with E-state index in [1.807, 2.05) is 0 Å². The van der Waals surface area contributed by atoms with Gasteiger partial charge in [-0.15, -0.1) is 0 Å². The van der Waals surface area contributed by atoms with Crippen LogP contribution in [0.2, 0.25) is 0 Å². The van der Waals surface area contributed by atoms with E-state index in [-0.39, 0.29) is 23.8 Å². The largest absolute Gasteiger partial charge is 0.447 e. The van der Waals surface area contributed by atoms with Gasteiger partial charge in [0.15, 0.2) is 9.84 Å². The van der Waals surface area contributed by atoms with Crippen LogP contribution in [0.25, 0.3) is 0 Å². The van der Waals surface area contributed by atoms with Crippen LogP contribution in [0.5, 0.6) is 0 Å². The number of nitrogens with one attached hydrogen (secondary N) is 2. The fourth-order valence-electron chi connectivity index (χ4n) is 2.73. The standard InChI is InChI=1S/C17H22N2O6S/c1-2-18-17(22)19-16(21)15(13-6-4-3-5-7-13)25-14(20)10-12-8-9-26(23,24)11-12/h3-7,12,15H,2,8-11H2,1H3,(H2,18,19,21,22)/t12-,15-/m1/s1. The molecule has 9 heteroatoms. The Kier molecular flexibility index (Phi) is 6.73. The fraction of sp³-hybridized carbons (Fsp3) is 0.471. The van der Waals surface area contributed by atoms with Gasteiger partial charge in [-0.3, -0.25) is 14.9 Å². The van der Waals surface area contributed by atoms with Gasteiger partial charge in [0, 0.05) is 18.5 Å². The Hall–Kier alpha value is -2.42. The molecule has 2 N–H and O–H groups in total. The highest BCUT2D eigenvalue weighted by molar-refractivity contribution is 7.91. The normalized spacial score (nSPS) is 19.3. The first-order valence-electron chi connectivity index (χ1n) is 8.34. The topological polar surface area (TPSA) is 119 Å². The van der Waals surface area contributed by atoms with Crippen molar-refractivity contribution in [1.29, 1.82) is 0 Å². The molecule has 1 aliphatic heterocycles. The second-order valence-corrected chi connectivity index (χ2v) is 8.33. The third-order valence-corrected chi connectivity index (χ3v) is 5.78. The third-order valence-electron chi connectivity index (χ3n) is 3.95. The van der Waals surface area contributed by atoms with Gasteiger partial charge in [0.2, 0.25) is 6.10 Å². The molecule has 0 bridgehead atoms. The molecule has 142 valence electrons. The van der Waals surface area contributed by atoms with Gasteiger partial charge in [-0.05, 0) is 19.3 Å². The van der Waals surface area contributed by atoms with E-state index < -0.39 is 33.8 Å². The molecule has 1 aromatic carbocycles. The van der Waals surface area contributed by atoms with Crippen molar-refractivity contribution in [2.75, 3.05) is 18.1 Å². The molecular weight excluding hydrogens is 360 g/mol. The van der Waals surface area contributed by atoms with Crippen molar-refractivity contribution < 1.29 is 27.5 Å². The van der Waals surface area contributed by atoms with Crippen LogP contribution in [-0.4, -0.2) is 44.4 Å². The Morgan fingerprint density at radius 3 is 2.50 bits per heavy atom. The molecule has 1 fully saturated rings. The average Bonchev–Trinajstić information content (AvgIpc) is 2.92. The molecule has 0 unspecified atom stereocenters. The summed E-state index contributed by atoms with van der Waals surface area (Å²) in [5, 5.41) is 4.56. The van der Waals surface area contributed by atoms with Gasteiger partial charge in [0.05, 0.1) is 11.5 Å².